The number of hydrogen-bond donors (Lipinski definition) is 4. The molecule has 1 aromatic heterocycles. The quantitative estimate of drug-likeness (QED) is 0.261. The van der Waals surface area contributed by atoms with E-state index in [0.717, 1.165) is 25.0 Å². The maximum absolute atomic E-state index is 15.3. The molecule has 3 heterocycles. The molecule has 0 unspecified atom stereocenters. The van der Waals surface area contributed by atoms with Crippen molar-refractivity contribution in [1.29, 1.82) is 0 Å². The van der Waals surface area contributed by atoms with Gasteiger partial charge in [-0.2, -0.15) is 31.4 Å². The van der Waals surface area contributed by atoms with Crippen molar-refractivity contribution in [2.24, 2.45) is 5.92 Å². The first kappa shape index (κ1) is 28.7. The van der Waals surface area contributed by atoms with Gasteiger partial charge < -0.3 is 10.1 Å². The van der Waals surface area contributed by atoms with Crippen LogP contribution in [0, 0.1) is 11.7 Å². The van der Waals surface area contributed by atoms with Crippen molar-refractivity contribution in [3.63, 3.8) is 0 Å². The van der Waals surface area contributed by atoms with Gasteiger partial charge in [0.1, 0.15) is 17.3 Å². The van der Waals surface area contributed by atoms with Gasteiger partial charge in [-0.15, -0.1) is 11.1 Å². The number of amides is 3. The Labute approximate surface area is 227 Å². The van der Waals surface area contributed by atoms with Gasteiger partial charge in [0.05, 0.1) is 12.3 Å². The maximum Gasteiger partial charge on any atom is 0.416 e. The number of nitrogens with one attached hydrogen (secondary N) is 4. The van der Waals surface area contributed by atoms with Crippen molar-refractivity contribution in [3.8, 4) is 5.75 Å². The zero-order valence-electron chi connectivity index (χ0n) is 21.1. The van der Waals surface area contributed by atoms with Crippen molar-refractivity contribution in [3.05, 3.63) is 53.2 Å². The summed E-state index contributed by atoms with van der Waals surface area (Å²) in [6.45, 7) is 0.0699. The van der Waals surface area contributed by atoms with Crippen LogP contribution in [-0.2, 0) is 16.9 Å². The first-order valence-corrected chi connectivity index (χ1v) is 12.5. The fraction of sp³-hybridized carbons (Fsp3) is 0.458. The molecule has 10 nitrogen and oxygen atoms in total. The molecule has 0 spiro atoms. The average molecular weight is 591 g/mol. The summed E-state index contributed by atoms with van der Waals surface area (Å²) in [6.07, 6.45) is -8.79. The van der Waals surface area contributed by atoms with Crippen molar-refractivity contribution < 1.29 is 45.1 Å². The van der Waals surface area contributed by atoms with E-state index < -0.39 is 72.8 Å². The van der Waals surface area contributed by atoms with Crippen molar-refractivity contribution in [2.45, 2.75) is 56.5 Å². The standard InChI is InChI=1S/C24H24F7N7O3/c25-17-10-14(41-9-1-7-23(26,27)28)4-5-16(17)22(24(29,30)31)11-15(18-6-8-37(34-18)12-13-2-3-13)19(20(39)32-22)38-21(40)33-35-36-38/h4-6,8,10,13,35-36H,1-3,7,9,11-12H2,(H,32,39)(H,33,40)/t22-/m0/s1. The molecule has 1 saturated carbocycles. The van der Waals surface area contributed by atoms with Crippen LogP contribution in [0.2, 0.25) is 0 Å². The van der Waals surface area contributed by atoms with Gasteiger partial charge in [0, 0.05) is 42.8 Å². The highest BCUT2D eigenvalue weighted by Gasteiger charge is 2.61. The average Bonchev–Trinajstić information content (AvgIpc) is 3.39. The number of ether oxygens (including phenoxy) is 1. The Bertz CT molecular complexity index is 1370. The molecule has 5 rings (SSSR count). The summed E-state index contributed by atoms with van der Waals surface area (Å²) < 4.78 is 104. The fourth-order valence-electron chi connectivity index (χ4n) is 4.70. The third-order valence-corrected chi connectivity index (χ3v) is 6.88. The molecule has 2 aromatic rings. The lowest BCUT2D eigenvalue weighted by atomic mass is 9.78. The summed E-state index contributed by atoms with van der Waals surface area (Å²) in [4.78, 5) is 25.7. The number of carbonyl (C=O) groups excluding carboxylic acids is 2. The van der Waals surface area contributed by atoms with Gasteiger partial charge >= 0.3 is 18.4 Å². The first-order valence-electron chi connectivity index (χ1n) is 12.5. The largest absolute Gasteiger partial charge is 0.493 e. The Hall–Kier alpha value is -3.86. The second-order valence-corrected chi connectivity index (χ2v) is 9.94. The van der Waals surface area contributed by atoms with E-state index in [9.17, 15) is 35.9 Å². The number of rotatable bonds is 9. The number of urea groups is 1. The molecule has 4 N–H and O–H groups in total. The summed E-state index contributed by atoms with van der Waals surface area (Å²) in [5, 5.41) is 6.88. The van der Waals surface area contributed by atoms with Gasteiger partial charge in [-0.25, -0.2) is 14.2 Å². The van der Waals surface area contributed by atoms with Crippen molar-refractivity contribution in [2.75, 3.05) is 6.61 Å². The number of alkyl halides is 6. The highest BCUT2D eigenvalue weighted by Crippen LogP contribution is 2.49. The molecule has 2 aliphatic heterocycles. The molecule has 1 saturated heterocycles. The molecule has 17 heteroatoms. The molecule has 1 aromatic carbocycles. The van der Waals surface area contributed by atoms with E-state index >= 15 is 4.39 Å². The molecule has 2 fully saturated rings. The van der Waals surface area contributed by atoms with Crippen LogP contribution >= 0.6 is 0 Å². The number of nitrogens with zero attached hydrogens (tertiary/aromatic N) is 3. The first-order chi connectivity index (χ1) is 19.3. The SMILES string of the molecule is O=C1N[C@@](c2ccc(OCCCC(F)(F)F)cc2F)(C(F)(F)F)CC(c2ccn(CC3CC3)n2)=C1N1NNNC1=O. The molecule has 3 aliphatic rings. The van der Waals surface area contributed by atoms with Crippen LogP contribution in [0.3, 0.4) is 0 Å². The van der Waals surface area contributed by atoms with Crippen LogP contribution in [0.25, 0.3) is 5.57 Å². The summed E-state index contributed by atoms with van der Waals surface area (Å²) in [6, 6.07) is 2.88. The number of aromatic nitrogens is 2. The van der Waals surface area contributed by atoms with E-state index in [1.165, 1.54) is 10.7 Å². The minimum absolute atomic E-state index is 0.0179. The number of hydrazine groups is 3. The number of hydrogen-bond acceptors (Lipinski definition) is 6. The lowest BCUT2D eigenvalue weighted by Gasteiger charge is -2.42. The summed E-state index contributed by atoms with van der Waals surface area (Å²) >= 11 is 0. The Morgan fingerprint density at radius 3 is 2.46 bits per heavy atom. The Morgan fingerprint density at radius 2 is 1.85 bits per heavy atom. The minimum Gasteiger partial charge on any atom is -0.493 e. The van der Waals surface area contributed by atoms with E-state index in [1.807, 2.05) is 5.32 Å². The van der Waals surface area contributed by atoms with E-state index in [2.05, 4.69) is 21.6 Å². The number of benzene rings is 1. The van der Waals surface area contributed by atoms with Crippen LogP contribution in [0.4, 0.5) is 35.5 Å². The molecule has 1 atom stereocenters. The highest BCUT2D eigenvalue weighted by molar-refractivity contribution is 6.05. The molecule has 3 amide bonds. The van der Waals surface area contributed by atoms with Gasteiger partial charge in [0.25, 0.3) is 5.91 Å². The molecule has 0 radical (unpaired) electrons. The lowest BCUT2D eigenvalue weighted by Crippen LogP contribution is -2.61. The summed E-state index contributed by atoms with van der Waals surface area (Å²) in [7, 11) is 0. The lowest BCUT2D eigenvalue weighted by molar-refractivity contribution is -0.203. The van der Waals surface area contributed by atoms with Crippen molar-refractivity contribution in [1.82, 2.24) is 36.6 Å². The Morgan fingerprint density at radius 1 is 1.10 bits per heavy atom. The normalized spacial score (nSPS) is 21.8. The Balaban J connectivity index is 1.52. The predicted molar refractivity (Wildman–Crippen MR) is 126 cm³/mol. The van der Waals surface area contributed by atoms with E-state index in [-0.39, 0.29) is 17.0 Å². The zero-order chi connectivity index (χ0) is 29.6. The van der Waals surface area contributed by atoms with E-state index in [0.29, 0.717) is 23.5 Å². The van der Waals surface area contributed by atoms with Crippen LogP contribution in [0.5, 0.6) is 5.75 Å². The van der Waals surface area contributed by atoms with Gasteiger partial charge in [0.2, 0.25) is 0 Å². The molecule has 0 bridgehead atoms. The molecular formula is C24H24F7N7O3. The Kier molecular flexibility index (Phi) is 7.35. The molecule has 222 valence electrons. The summed E-state index contributed by atoms with van der Waals surface area (Å²) in [5.74, 6) is -2.65. The number of carbonyl (C=O) groups is 2. The van der Waals surface area contributed by atoms with Gasteiger partial charge in [-0.3, -0.25) is 14.9 Å². The third kappa shape index (κ3) is 5.95. The van der Waals surface area contributed by atoms with Crippen LogP contribution in [-0.4, -0.2) is 45.7 Å². The third-order valence-electron chi connectivity index (χ3n) is 6.88. The van der Waals surface area contributed by atoms with Crippen LogP contribution in [0.1, 0.15) is 43.4 Å². The summed E-state index contributed by atoms with van der Waals surface area (Å²) in [5.41, 5.74) is 1.74. The minimum atomic E-state index is -5.25. The molecular weight excluding hydrogens is 567 g/mol. The topological polar surface area (TPSA) is 113 Å². The zero-order valence-corrected chi connectivity index (χ0v) is 21.1. The molecule has 1 aliphatic carbocycles. The van der Waals surface area contributed by atoms with E-state index in [4.69, 9.17) is 4.74 Å². The second kappa shape index (κ2) is 10.5. The van der Waals surface area contributed by atoms with Crippen molar-refractivity contribution >= 4 is 17.5 Å². The second-order valence-electron chi connectivity index (χ2n) is 9.94. The monoisotopic (exact) mass is 591 g/mol. The van der Waals surface area contributed by atoms with Crippen LogP contribution in [0.15, 0.2) is 36.2 Å². The van der Waals surface area contributed by atoms with Crippen LogP contribution < -0.4 is 26.5 Å². The molecule has 41 heavy (non-hydrogen) atoms. The van der Waals surface area contributed by atoms with Gasteiger partial charge in [0.15, 0.2) is 5.54 Å². The number of halogens is 7. The fourth-order valence-corrected chi connectivity index (χ4v) is 4.70. The predicted octanol–water partition coefficient (Wildman–Crippen LogP) is 3.79. The maximum atomic E-state index is 15.3. The highest BCUT2D eigenvalue weighted by atomic mass is 19.4. The van der Waals surface area contributed by atoms with Gasteiger partial charge in [-0.1, -0.05) is 0 Å². The smallest absolute Gasteiger partial charge is 0.416 e. The van der Waals surface area contributed by atoms with Gasteiger partial charge in [-0.05, 0) is 43.4 Å². The van der Waals surface area contributed by atoms with E-state index in [1.54, 1.807) is 6.20 Å².